The van der Waals surface area contributed by atoms with E-state index in [1.807, 2.05) is 19.1 Å². The second kappa shape index (κ2) is 9.27. The molecule has 0 saturated carbocycles. The van der Waals surface area contributed by atoms with Crippen molar-refractivity contribution in [1.82, 2.24) is 9.55 Å². The number of halogens is 1. The number of para-hydroxylation sites is 1. The number of rotatable bonds is 5. The van der Waals surface area contributed by atoms with Gasteiger partial charge in [0.15, 0.2) is 5.16 Å². The van der Waals surface area contributed by atoms with Gasteiger partial charge in [-0.25, -0.2) is 4.98 Å². The summed E-state index contributed by atoms with van der Waals surface area (Å²) in [5, 5.41) is 13.2. The Balaban J connectivity index is 1.70. The SMILES string of the molecule is Cc1c(Cl)cccc1-n1c(SCC(=O)Nc2cccc(C#N)c2)nc2ccccc2c1=O. The summed E-state index contributed by atoms with van der Waals surface area (Å²) in [5.74, 6) is -0.247. The molecule has 1 aromatic heterocycles. The minimum Gasteiger partial charge on any atom is -0.325 e. The van der Waals surface area contributed by atoms with Gasteiger partial charge in [-0.2, -0.15) is 5.26 Å². The molecule has 1 N–H and O–H groups in total. The molecule has 1 amide bonds. The number of carbonyl (C=O) groups is 1. The van der Waals surface area contributed by atoms with Gasteiger partial charge in [-0.3, -0.25) is 14.2 Å². The molecule has 0 bridgehead atoms. The lowest BCUT2D eigenvalue weighted by Gasteiger charge is -2.15. The number of nitrogens with zero attached hydrogens (tertiary/aromatic N) is 3. The molecule has 4 rings (SSSR count). The van der Waals surface area contributed by atoms with Gasteiger partial charge in [-0.05, 0) is 55.0 Å². The molecule has 0 atom stereocenters. The van der Waals surface area contributed by atoms with Gasteiger partial charge in [-0.1, -0.05) is 47.6 Å². The minimum absolute atomic E-state index is 0.0289. The molecule has 0 unspecified atom stereocenters. The lowest BCUT2D eigenvalue weighted by Crippen LogP contribution is -2.23. The highest BCUT2D eigenvalue weighted by Gasteiger charge is 2.17. The molecule has 32 heavy (non-hydrogen) atoms. The first-order valence-corrected chi connectivity index (χ1v) is 11.0. The van der Waals surface area contributed by atoms with Gasteiger partial charge < -0.3 is 5.32 Å². The van der Waals surface area contributed by atoms with E-state index in [2.05, 4.69) is 10.3 Å². The van der Waals surface area contributed by atoms with Crippen LogP contribution in [0.5, 0.6) is 0 Å². The third-order valence-corrected chi connectivity index (χ3v) is 6.18. The maximum atomic E-state index is 13.4. The number of nitriles is 1. The topological polar surface area (TPSA) is 87.8 Å². The zero-order valence-corrected chi connectivity index (χ0v) is 18.6. The van der Waals surface area contributed by atoms with Crippen LogP contribution in [0.25, 0.3) is 16.6 Å². The molecule has 0 aliphatic carbocycles. The molecular weight excluding hydrogens is 444 g/mol. The molecule has 4 aromatic rings. The zero-order valence-electron chi connectivity index (χ0n) is 17.0. The normalized spacial score (nSPS) is 10.7. The summed E-state index contributed by atoms with van der Waals surface area (Å²) >= 11 is 7.45. The van der Waals surface area contributed by atoms with Crippen molar-refractivity contribution in [3.63, 3.8) is 0 Å². The van der Waals surface area contributed by atoms with Crippen LogP contribution in [-0.4, -0.2) is 21.2 Å². The van der Waals surface area contributed by atoms with Crippen LogP contribution in [0.3, 0.4) is 0 Å². The van der Waals surface area contributed by atoms with Crippen LogP contribution >= 0.6 is 23.4 Å². The van der Waals surface area contributed by atoms with Crippen molar-refractivity contribution in [1.29, 1.82) is 5.26 Å². The average molecular weight is 461 g/mol. The van der Waals surface area contributed by atoms with E-state index < -0.39 is 0 Å². The second-order valence-corrected chi connectivity index (χ2v) is 8.32. The number of thioether (sulfide) groups is 1. The number of carbonyl (C=O) groups excluding carboxylic acids is 1. The van der Waals surface area contributed by atoms with Crippen LogP contribution in [0.2, 0.25) is 5.02 Å². The highest BCUT2D eigenvalue weighted by atomic mass is 35.5. The fourth-order valence-electron chi connectivity index (χ4n) is 3.25. The van der Waals surface area contributed by atoms with Gasteiger partial charge in [0.1, 0.15) is 0 Å². The Labute approximate surface area is 193 Å². The zero-order chi connectivity index (χ0) is 22.7. The Morgan fingerprint density at radius 3 is 2.75 bits per heavy atom. The Morgan fingerprint density at radius 1 is 1.16 bits per heavy atom. The van der Waals surface area contributed by atoms with E-state index >= 15 is 0 Å². The van der Waals surface area contributed by atoms with E-state index in [0.29, 0.717) is 38.0 Å². The smallest absolute Gasteiger partial charge is 0.266 e. The third-order valence-electron chi connectivity index (χ3n) is 4.83. The summed E-state index contributed by atoms with van der Waals surface area (Å²) in [6, 6.07) is 21.1. The van der Waals surface area contributed by atoms with Crippen LogP contribution in [0.1, 0.15) is 11.1 Å². The fourth-order valence-corrected chi connectivity index (χ4v) is 4.23. The number of anilines is 1. The van der Waals surface area contributed by atoms with E-state index in [-0.39, 0.29) is 17.2 Å². The van der Waals surface area contributed by atoms with Crippen molar-refractivity contribution in [2.24, 2.45) is 0 Å². The summed E-state index contributed by atoms with van der Waals surface area (Å²) in [6.45, 7) is 1.84. The van der Waals surface area contributed by atoms with Crippen LogP contribution < -0.4 is 10.9 Å². The summed E-state index contributed by atoms with van der Waals surface area (Å²) in [4.78, 5) is 30.6. The molecule has 0 saturated heterocycles. The number of hydrogen-bond donors (Lipinski definition) is 1. The fraction of sp³-hybridized carbons (Fsp3) is 0.0833. The number of fused-ring (bicyclic) bond motifs is 1. The number of aromatic nitrogens is 2. The largest absolute Gasteiger partial charge is 0.325 e. The van der Waals surface area contributed by atoms with Crippen LogP contribution in [0.15, 0.2) is 76.7 Å². The Hall–Kier alpha value is -3.60. The highest BCUT2D eigenvalue weighted by molar-refractivity contribution is 7.99. The molecule has 8 heteroatoms. The van der Waals surface area contributed by atoms with Gasteiger partial charge >= 0.3 is 0 Å². The van der Waals surface area contributed by atoms with Crippen molar-refractivity contribution in [2.75, 3.05) is 11.1 Å². The predicted octanol–water partition coefficient (Wildman–Crippen LogP) is 4.95. The standard InChI is InChI=1S/C24H17ClN4O2S/c1-15-19(25)9-5-11-21(15)29-23(31)18-8-2-3-10-20(18)28-24(29)32-14-22(30)27-17-7-4-6-16(12-17)13-26/h2-12H,14H2,1H3,(H,27,30). The molecule has 0 aliphatic heterocycles. The van der Waals surface area contributed by atoms with E-state index in [9.17, 15) is 9.59 Å². The number of benzene rings is 3. The van der Waals surface area contributed by atoms with E-state index in [1.54, 1.807) is 60.7 Å². The molecule has 3 aromatic carbocycles. The van der Waals surface area contributed by atoms with E-state index in [4.69, 9.17) is 16.9 Å². The monoisotopic (exact) mass is 460 g/mol. The van der Waals surface area contributed by atoms with Gasteiger partial charge in [0.05, 0.1) is 34.0 Å². The average Bonchev–Trinajstić information content (AvgIpc) is 2.80. The van der Waals surface area contributed by atoms with E-state index in [1.165, 1.54) is 4.57 Å². The maximum absolute atomic E-state index is 13.4. The van der Waals surface area contributed by atoms with Crippen molar-refractivity contribution in [3.8, 4) is 11.8 Å². The number of amides is 1. The van der Waals surface area contributed by atoms with Crippen molar-refractivity contribution < 1.29 is 4.79 Å². The third kappa shape index (κ3) is 4.37. The summed E-state index contributed by atoms with van der Waals surface area (Å²) < 4.78 is 1.50. The molecular formula is C24H17ClN4O2S. The predicted molar refractivity (Wildman–Crippen MR) is 128 cm³/mol. The first-order chi connectivity index (χ1) is 15.5. The number of hydrogen-bond acceptors (Lipinski definition) is 5. The molecule has 6 nitrogen and oxygen atoms in total. The van der Waals surface area contributed by atoms with Gasteiger partial charge in [0.2, 0.25) is 5.91 Å². The molecule has 1 heterocycles. The highest BCUT2D eigenvalue weighted by Crippen LogP contribution is 2.26. The van der Waals surface area contributed by atoms with Gasteiger partial charge in [0.25, 0.3) is 5.56 Å². The first-order valence-electron chi connectivity index (χ1n) is 9.68. The van der Waals surface area contributed by atoms with Crippen molar-refractivity contribution in [3.05, 3.63) is 93.2 Å². The molecule has 158 valence electrons. The van der Waals surface area contributed by atoms with Crippen LogP contribution in [-0.2, 0) is 4.79 Å². The summed E-state index contributed by atoms with van der Waals surface area (Å²) in [6.07, 6.45) is 0. The van der Waals surface area contributed by atoms with E-state index in [0.717, 1.165) is 17.3 Å². The second-order valence-electron chi connectivity index (χ2n) is 6.97. The molecule has 0 radical (unpaired) electrons. The Morgan fingerprint density at radius 2 is 1.94 bits per heavy atom. The van der Waals surface area contributed by atoms with Crippen LogP contribution in [0.4, 0.5) is 5.69 Å². The molecule has 0 fully saturated rings. The van der Waals surface area contributed by atoms with Gasteiger partial charge in [0, 0.05) is 10.7 Å². The quantitative estimate of drug-likeness (QED) is 0.336. The molecule has 0 spiro atoms. The Kier molecular flexibility index (Phi) is 6.26. The molecule has 0 aliphatic rings. The lowest BCUT2D eigenvalue weighted by atomic mass is 10.2. The van der Waals surface area contributed by atoms with Crippen molar-refractivity contribution in [2.45, 2.75) is 12.1 Å². The van der Waals surface area contributed by atoms with Crippen molar-refractivity contribution >= 4 is 45.9 Å². The maximum Gasteiger partial charge on any atom is 0.266 e. The first kappa shape index (κ1) is 21.6. The lowest BCUT2D eigenvalue weighted by molar-refractivity contribution is -0.113. The minimum atomic E-state index is -0.276. The number of nitrogens with one attached hydrogen (secondary N) is 1. The summed E-state index contributed by atoms with van der Waals surface area (Å²) in [5.41, 5.74) is 2.67. The van der Waals surface area contributed by atoms with Gasteiger partial charge in [-0.15, -0.1) is 0 Å². The summed E-state index contributed by atoms with van der Waals surface area (Å²) in [7, 11) is 0. The Bertz CT molecular complexity index is 1440. The van der Waals surface area contributed by atoms with Crippen LogP contribution in [0, 0.1) is 18.3 Å².